The maximum absolute atomic E-state index is 12.1. The maximum atomic E-state index is 12.1. The van der Waals surface area contributed by atoms with Gasteiger partial charge in [0, 0.05) is 11.1 Å². The van der Waals surface area contributed by atoms with Crippen LogP contribution in [0.1, 0.15) is 23.0 Å². The Bertz CT molecular complexity index is 635. The summed E-state index contributed by atoms with van der Waals surface area (Å²) in [4.78, 5) is 27.6. The van der Waals surface area contributed by atoms with Crippen LogP contribution in [0.5, 0.6) is 0 Å². The Labute approximate surface area is 128 Å². The fraction of sp³-hybridized carbons (Fsp3) is 0.250. The number of rotatable bonds is 5. The van der Waals surface area contributed by atoms with Gasteiger partial charge in [-0.2, -0.15) is 0 Å². The van der Waals surface area contributed by atoms with E-state index in [-0.39, 0.29) is 11.2 Å². The zero-order valence-corrected chi connectivity index (χ0v) is 13.3. The highest BCUT2D eigenvalue weighted by atomic mass is 32.2. The number of amides is 2. The number of thiazole rings is 1. The summed E-state index contributed by atoms with van der Waals surface area (Å²) in [5.41, 5.74) is 6.52. The van der Waals surface area contributed by atoms with Crippen LogP contribution < -0.4 is 11.1 Å². The molecule has 0 radical (unpaired) electrons. The van der Waals surface area contributed by atoms with Gasteiger partial charge in [0.15, 0.2) is 4.34 Å². The molecule has 0 aliphatic rings. The fourth-order valence-electron chi connectivity index (χ4n) is 1.40. The number of primary amides is 1. The summed E-state index contributed by atoms with van der Waals surface area (Å²) in [5.74, 6) is -0.717. The first-order valence-electron chi connectivity index (χ1n) is 5.74. The van der Waals surface area contributed by atoms with Crippen LogP contribution in [0.25, 0.3) is 0 Å². The molecule has 0 saturated carbocycles. The molecule has 0 fully saturated rings. The van der Waals surface area contributed by atoms with Gasteiger partial charge in [-0.3, -0.25) is 9.59 Å². The zero-order chi connectivity index (χ0) is 14.7. The molecule has 2 heterocycles. The molecule has 2 aromatic rings. The summed E-state index contributed by atoms with van der Waals surface area (Å²) < 4.78 is 0.853. The second kappa shape index (κ2) is 6.38. The summed E-state index contributed by atoms with van der Waals surface area (Å²) in [5, 5.41) is 6.58. The Morgan fingerprint density at radius 1 is 1.45 bits per heavy atom. The number of hydrogen-bond acceptors (Lipinski definition) is 6. The lowest BCUT2D eigenvalue weighted by molar-refractivity contribution is -0.115. The normalized spacial score (nSPS) is 12.1. The van der Waals surface area contributed by atoms with Crippen molar-refractivity contribution in [3.63, 3.8) is 0 Å². The lowest BCUT2D eigenvalue weighted by Crippen LogP contribution is -2.23. The van der Waals surface area contributed by atoms with Gasteiger partial charge in [0.2, 0.25) is 5.91 Å². The standard InChI is InChI=1S/C12H13N3O2S3/c1-6-5-19-12(14-6)20-7(2)10(17)15-11-8(9(13)16)3-4-18-11/h3-5,7H,1-2H3,(H2,13,16)(H,15,17). The molecule has 3 N–H and O–H groups in total. The van der Waals surface area contributed by atoms with Gasteiger partial charge in [-0.15, -0.1) is 22.7 Å². The molecule has 2 aromatic heterocycles. The van der Waals surface area contributed by atoms with Gasteiger partial charge in [-0.25, -0.2) is 4.98 Å². The largest absolute Gasteiger partial charge is 0.366 e. The SMILES string of the molecule is Cc1csc(SC(C)C(=O)Nc2sccc2C(N)=O)n1. The first-order valence-corrected chi connectivity index (χ1v) is 8.38. The third kappa shape index (κ3) is 3.59. The molecule has 2 rings (SSSR count). The van der Waals surface area contributed by atoms with Gasteiger partial charge in [0.05, 0.1) is 10.8 Å². The molecule has 20 heavy (non-hydrogen) atoms. The molecule has 1 unspecified atom stereocenters. The molecular formula is C12H13N3O2S3. The average molecular weight is 327 g/mol. The van der Waals surface area contributed by atoms with Crippen LogP contribution in [0.4, 0.5) is 5.00 Å². The molecule has 2 amide bonds. The number of aryl methyl sites for hydroxylation is 1. The van der Waals surface area contributed by atoms with E-state index in [2.05, 4.69) is 10.3 Å². The van der Waals surface area contributed by atoms with E-state index in [0.717, 1.165) is 10.0 Å². The molecule has 106 valence electrons. The van der Waals surface area contributed by atoms with Crippen LogP contribution in [0, 0.1) is 6.92 Å². The van der Waals surface area contributed by atoms with E-state index in [1.807, 2.05) is 12.3 Å². The Hall–Kier alpha value is -1.38. The van der Waals surface area contributed by atoms with E-state index >= 15 is 0 Å². The third-order valence-corrected chi connectivity index (χ3v) is 5.43. The highest BCUT2D eigenvalue weighted by molar-refractivity contribution is 8.02. The van der Waals surface area contributed by atoms with Crippen molar-refractivity contribution >= 4 is 51.3 Å². The predicted octanol–water partition coefficient (Wildman–Crippen LogP) is 2.73. The molecule has 1 atom stereocenters. The lowest BCUT2D eigenvalue weighted by atomic mass is 10.3. The zero-order valence-electron chi connectivity index (χ0n) is 10.9. The minimum Gasteiger partial charge on any atom is -0.366 e. The van der Waals surface area contributed by atoms with E-state index < -0.39 is 5.91 Å². The van der Waals surface area contributed by atoms with Gasteiger partial charge in [-0.05, 0) is 25.3 Å². The van der Waals surface area contributed by atoms with Gasteiger partial charge < -0.3 is 11.1 Å². The molecule has 8 heteroatoms. The summed E-state index contributed by atoms with van der Waals surface area (Å²) in [6.45, 7) is 3.71. The molecule has 0 spiro atoms. The second-order valence-electron chi connectivity index (χ2n) is 4.03. The van der Waals surface area contributed by atoms with E-state index in [9.17, 15) is 9.59 Å². The molecule has 0 aliphatic carbocycles. The van der Waals surface area contributed by atoms with Crippen molar-refractivity contribution in [3.05, 3.63) is 28.1 Å². The fourth-order valence-corrected chi connectivity index (χ4v) is 4.19. The lowest BCUT2D eigenvalue weighted by Gasteiger charge is -2.09. The Kier molecular flexibility index (Phi) is 4.79. The number of nitrogens with one attached hydrogen (secondary N) is 1. The minimum atomic E-state index is -0.544. The first kappa shape index (κ1) is 15.0. The van der Waals surface area contributed by atoms with E-state index in [4.69, 9.17) is 5.73 Å². The second-order valence-corrected chi connectivity index (χ2v) is 7.39. The van der Waals surface area contributed by atoms with Crippen LogP contribution in [0.3, 0.4) is 0 Å². The number of thiophene rings is 1. The smallest absolute Gasteiger partial charge is 0.251 e. The van der Waals surface area contributed by atoms with Crippen molar-refractivity contribution in [1.82, 2.24) is 4.98 Å². The molecule has 0 aromatic carbocycles. The highest BCUT2D eigenvalue weighted by Gasteiger charge is 2.19. The third-order valence-electron chi connectivity index (χ3n) is 2.41. The molecule has 0 saturated heterocycles. The topological polar surface area (TPSA) is 85.1 Å². The molecule has 0 bridgehead atoms. The number of hydrogen-bond donors (Lipinski definition) is 2. The van der Waals surface area contributed by atoms with Crippen molar-refractivity contribution in [2.24, 2.45) is 5.73 Å². The van der Waals surface area contributed by atoms with Crippen molar-refractivity contribution in [3.8, 4) is 0 Å². The number of nitrogens with two attached hydrogens (primary N) is 1. The monoisotopic (exact) mass is 327 g/mol. The Morgan fingerprint density at radius 3 is 2.80 bits per heavy atom. The average Bonchev–Trinajstić information content (AvgIpc) is 2.98. The van der Waals surface area contributed by atoms with Crippen LogP contribution in [-0.2, 0) is 4.79 Å². The molecule has 0 aliphatic heterocycles. The number of carbonyl (C=O) groups excluding carboxylic acids is 2. The minimum absolute atomic E-state index is 0.173. The van der Waals surface area contributed by atoms with Crippen LogP contribution in [0.2, 0.25) is 0 Å². The van der Waals surface area contributed by atoms with Crippen molar-refractivity contribution in [2.75, 3.05) is 5.32 Å². The summed E-state index contributed by atoms with van der Waals surface area (Å²) >= 11 is 4.18. The van der Waals surface area contributed by atoms with Gasteiger partial charge >= 0.3 is 0 Å². The van der Waals surface area contributed by atoms with Crippen LogP contribution in [-0.4, -0.2) is 22.0 Å². The Balaban J connectivity index is 2.00. The van der Waals surface area contributed by atoms with Crippen LogP contribution >= 0.6 is 34.4 Å². The number of anilines is 1. The van der Waals surface area contributed by atoms with Gasteiger partial charge in [0.25, 0.3) is 5.91 Å². The van der Waals surface area contributed by atoms with E-state index in [1.165, 1.54) is 34.4 Å². The highest BCUT2D eigenvalue weighted by Crippen LogP contribution is 2.28. The van der Waals surface area contributed by atoms with Crippen molar-refractivity contribution in [1.29, 1.82) is 0 Å². The predicted molar refractivity (Wildman–Crippen MR) is 83.6 cm³/mol. The number of aromatic nitrogens is 1. The number of thioether (sulfide) groups is 1. The summed E-state index contributed by atoms with van der Waals surface area (Å²) in [7, 11) is 0. The summed E-state index contributed by atoms with van der Waals surface area (Å²) in [6.07, 6.45) is 0. The van der Waals surface area contributed by atoms with E-state index in [0.29, 0.717) is 10.6 Å². The molecular weight excluding hydrogens is 314 g/mol. The number of nitrogens with zero attached hydrogens (tertiary/aromatic N) is 1. The first-order chi connectivity index (χ1) is 9.47. The van der Waals surface area contributed by atoms with Gasteiger partial charge in [0.1, 0.15) is 5.00 Å². The van der Waals surface area contributed by atoms with Gasteiger partial charge in [-0.1, -0.05) is 11.8 Å². The van der Waals surface area contributed by atoms with E-state index in [1.54, 1.807) is 18.4 Å². The Morgan fingerprint density at radius 2 is 2.20 bits per heavy atom. The van der Waals surface area contributed by atoms with Crippen molar-refractivity contribution < 1.29 is 9.59 Å². The number of carbonyl (C=O) groups is 2. The quantitative estimate of drug-likeness (QED) is 0.827. The molecule has 5 nitrogen and oxygen atoms in total. The van der Waals surface area contributed by atoms with Crippen LogP contribution in [0.15, 0.2) is 21.2 Å². The van der Waals surface area contributed by atoms with Crippen molar-refractivity contribution in [2.45, 2.75) is 23.4 Å². The maximum Gasteiger partial charge on any atom is 0.251 e. The summed E-state index contributed by atoms with van der Waals surface area (Å²) in [6, 6.07) is 1.60.